The molecule has 1 N–H and O–H groups in total. The lowest BCUT2D eigenvalue weighted by Crippen LogP contribution is -1.97. The highest BCUT2D eigenvalue weighted by atomic mass is 79.9. The van der Waals surface area contributed by atoms with Gasteiger partial charge in [-0.3, -0.25) is 0 Å². The smallest absolute Gasteiger partial charge is 0.0498 e. The number of hydrogen-bond acceptors (Lipinski definition) is 2. The van der Waals surface area contributed by atoms with Crippen LogP contribution in [0.15, 0.2) is 37.7 Å². The number of hydrogen-bond donors (Lipinski definition) is 1. The lowest BCUT2D eigenvalue weighted by atomic mass is 10.3. The van der Waals surface area contributed by atoms with Crippen molar-refractivity contribution < 1.29 is 0 Å². The highest BCUT2D eigenvalue weighted by molar-refractivity contribution is 9.11. The topological polar surface area (TPSA) is 12.0 Å². The summed E-state index contributed by atoms with van der Waals surface area (Å²) >= 11 is 12.3. The average molecular weight is 440 g/mol. The van der Waals surface area contributed by atoms with Gasteiger partial charge in [-0.1, -0.05) is 15.9 Å². The fraction of sp³-hybridized carbons (Fsp3) is 0.167. The zero-order chi connectivity index (χ0) is 12.4. The molecular formula is C12H10Br3NS. The van der Waals surface area contributed by atoms with Crippen LogP contribution in [0.3, 0.4) is 0 Å². The summed E-state index contributed by atoms with van der Waals surface area (Å²) in [5.41, 5.74) is 1.10. The molecule has 0 bridgehead atoms. The van der Waals surface area contributed by atoms with Crippen molar-refractivity contribution >= 4 is 64.8 Å². The minimum Gasteiger partial charge on any atom is -0.379 e. The van der Waals surface area contributed by atoms with Crippen LogP contribution in [-0.2, 0) is 6.54 Å². The third-order valence-electron chi connectivity index (χ3n) is 2.29. The highest BCUT2D eigenvalue weighted by Gasteiger charge is 2.04. The maximum absolute atomic E-state index is 3.53. The van der Waals surface area contributed by atoms with Crippen LogP contribution in [0.4, 0.5) is 5.69 Å². The molecule has 0 aliphatic heterocycles. The first-order chi connectivity index (χ1) is 8.06. The van der Waals surface area contributed by atoms with Gasteiger partial charge in [-0.2, -0.15) is 0 Å². The van der Waals surface area contributed by atoms with Crippen LogP contribution in [0.2, 0.25) is 0 Å². The molecule has 2 aromatic rings. The number of aryl methyl sites for hydroxylation is 1. The second-order valence-corrected chi connectivity index (χ2v) is 7.56. The van der Waals surface area contributed by atoms with Crippen LogP contribution < -0.4 is 5.32 Å². The summed E-state index contributed by atoms with van der Waals surface area (Å²) < 4.78 is 3.34. The molecule has 1 heterocycles. The third-order valence-corrected chi connectivity index (χ3v) is 5.61. The zero-order valence-electron chi connectivity index (χ0n) is 9.06. The van der Waals surface area contributed by atoms with Crippen molar-refractivity contribution in [2.24, 2.45) is 0 Å². The van der Waals surface area contributed by atoms with Crippen molar-refractivity contribution in [3.8, 4) is 0 Å². The van der Waals surface area contributed by atoms with Crippen molar-refractivity contribution in [3.05, 3.63) is 47.4 Å². The quantitative estimate of drug-likeness (QED) is 0.622. The summed E-state index contributed by atoms with van der Waals surface area (Å²) in [4.78, 5) is 2.64. The maximum Gasteiger partial charge on any atom is 0.0498 e. The average Bonchev–Trinajstić information content (AvgIpc) is 2.60. The van der Waals surface area contributed by atoms with E-state index in [1.807, 2.05) is 23.5 Å². The molecule has 0 atom stereocenters. The van der Waals surface area contributed by atoms with Gasteiger partial charge in [0.15, 0.2) is 0 Å². The zero-order valence-corrected chi connectivity index (χ0v) is 14.6. The fourth-order valence-electron chi connectivity index (χ4n) is 1.42. The molecule has 0 radical (unpaired) electrons. The van der Waals surface area contributed by atoms with Crippen LogP contribution in [0.1, 0.15) is 9.75 Å². The molecule has 90 valence electrons. The first kappa shape index (κ1) is 13.6. The fourth-order valence-corrected chi connectivity index (χ4v) is 3.71. The van der Waals surface area contributed by atoms with Crippen LogP contribution in [0.25, 0.3) is 0 Å². The molecule has 0 amide bonds. The predicted octanol–water partition coefficient (Wildman–Crippen LogP) is 5.96. The van der Waals surface area contributed by atoms with Crippen molar-refractivity contribution in [1.82, 2.24) is 0 Å². The second kappa shape index (κ2) is 5.87. The number of anilines is 1. The molecule has 1 aromatic carbocycles. The Morgan fingerprint density at radius 3 is 2.53 bits per heavy atom. The summed E-state index contributed by atoms with van der Waals surface area (Å²) in [6.07, 6.45) is 0. The molecule has 0 aliphatic rings. The second-order valence-electron chi connectivity index (χ2n) is 3.59. The predicted molar refractivity (Wildman–Crippen MR) is 85.9 cm³/mol. The number of nitrogens with one attached hydrogen (secondary N) is 1. The highest BCUT2D eigenvalue weighted by Crippen LogP contribution is 2.29. The monoisotopic (exact) mass is 437 g/mol. The van der Waals surface area contributed by atoms with E-state index >= 15 is 0 Å². The number of halogens is 3. The van der Waals surface area contributed by atoms with E-state index in [-0.39, 0.29) is 0 Å². The number of benzene rings is 1. The molecule has 5 heteroatoms. The van der Waals surface area contributed by atoms with E-state index in [9.17, 15) is 0 Å². The molecule has 1 nitrogen and oxygen atoms in total. The normalized spacial score (nSPS) is 10.6. The van der Waals surface area contributed by atoms with Crippen LogP contribution >= 0.6 is 59.1 Å². The Labute approximate surface area is 130 Å². The van der Waals surface area contributed by atoms with Gasteiger partial charge in [0.25, 0.3) is 0 Å². The van der Waals surface area contributed by atoms with Gasteiger partial charge in [-0.25, -0.2) is 0 Å². The van der Waals surface area contributed by atoms with Gasteiger partial charge in [0.2, 0.25) is 0 Å². The molecule has 1 aromatic heterocycles. The first-order valence-electron chi connectivity index (χ1n) is 5.00. The van der Waals surface area contributed by atoms with E-state index in [1.165, 1.54) is 14.2 Å². The molecule has 0 spiro atoms. The van der Waals surface area contributed by atoms with E-state index in [0.29, 0.717) is 0 Å². The van der Waals surface area contributed by atoms with E-state index in [2.05, 4.69) is 72.2 Å². The Balaban J connectivity index is 2.09. The Kier molecular flexibility index (Phi) is 4.69. The lowest BCUT2D eigenvalue weighted by molar-refractivity contribution is 1.18. The van der Waals surface area contributed by atoms with E-state index in [0.717, 1.165) is 21.2 Å². The SMILES string of the molecule is Cc1sc(CNc2cc(Br)ccc2Br)cc1Br. The van der Waals surface area contributed by atoms with Crippen LogP contribution in [0.5, 0.6) is 0 Å². The van der Waals surface area contributed by atoms with Crippen molar-refractivity contribution in [3.63, 3.8) is 0 Å². The third kappa shape index (κ3) is 3.56. The number of rotatable bonds is 3. The standard InChI is InChI=1S/C12H10Br3NS/c1-7-11(15)5-9(17-7)6-16-12-4-8(13)2-3-10(12)14/h2-5,16H,6H2,1H3. The Bertz CT molecular complexity index is 517. The number of thiophene rings is 1. The van der Waals surface area contributed by atoms with E-state index in [4.69, 9.17) is 0 Å². The summed E-state index contributed by atoms with van der Waals surface area (Å²) in [7, 11) is 0. The summed E-state index contributed by atoms with van der Waals surface area (Å²) in [5, 5.41) is 3.42. The summed E-state index contributed by atoms with van der Waals surface area (Å²) in [5.74, 6) is 0. The minimum absolute atomic E-state index is 0.839. The molecule has 0 saturated carbocycles. The van der Waals surface area contributed by atoms with Gasteiger partial charge < -0.3 is 5.32 Å². The maximum atomic E-state index is 3.53. The Hall–Kier alpha value is 0.160. The van der Waals surface area contributed by atoms with Gasteiger partial charge in [0.1, 0.15) is 0 Å². The molecule has 0 unspecified atom stereocenters. The van der Waals surface area contributed by atoms with E-state index in [1.54, 1.807) is 0 Å². The van der Waals surface area contributed by atoms with E-state index < -0.39 is 0 Å². The van der Waals surface area contributed by atoms with Gasteiger partial charge in [-0.05, 0) is 63.0 Å². The largest absolute Gasteiger partial charge is 0.379 e. The van der Waals surface area contributed by atoms with Crippen LogP contribution in [0, 0.1) is 6.92 Å². The molecule has 0 fully saturated rings. The first-order valence-corrected chi connectivity index (χ1v) is 8.19. The van der Waals surface area contributed by atoms with Crippen molar-refractivity contribution in [2.45, 2.75) is 13.5 Å². The molecule has 0 saturated heterocycles. The Morgan fingerprint density at radius 2 is 1.88 bits per heavy atom. The summed E-state index contributed by atoms with van der Waals surface area (Å²) in [6.45, 7) is 2.96. The van der Waals surface area contributed by atoms with Crippen molar-refractivity contribution in [2.75, 3.05) is 5.32 Å². The molecule has 17 heavy (non-hydrogen) atoms. The van der Waals surface area contributed by atoms with Crippen molar-refractivity contribution in [1.29, 1.82) is 0 Å². The molecular weight excluding hydrogens is 430 g/mol. The van der Waals surface area contributed by atoms with Gasteiger partial charge in [0.05, 0.1) is 0 Å². The Morgan fingerprint density at radius 1 is 1.12 bits per heavy atom. The molecule has 2 rings (SSSR count). The summed E-state index contributed by atoms with van der Waals surface area (Å²) in [6, 6.07) is 8.28. The van der Waals surface area contributed by atoms with Crippen LogP contribution in [-0.4, -0.2) is 0 Å². The minimum atomic E-state index is 0.839. The van der Waals surface area contributed by atoms with Gasteiger partial charge >= 0.3 is 0 Å². The van der Waals surface area contributed by atoms with Gasteiger partial charge in [-0.15, -0.1) is 11.3 Å². The van der Waals surface area contributed by atoms with Gasteiger partial charge in [0, 0.05) is 35.4 Å². The molecule has 0 aliphatic carbocycles. The lowest BCUT2D eigenvalue weighted by Gasteiger charge is -2.07.